The number of carbonyl (C=O) groups is 3. The van der Waals surface area contributed by atoms with Crippen molar-refractivity contribution in [3.05, 3.63) is 85.1 Å². The molecule has 0 saturated heterocycles. The Labute approximate surface area is 471 Å². The molecule has 0 bridgehead atoms. The van der Waals surface area contributed by atoms with Crippen molar-refractivity contribution in [3.8, 4) is 0 Å². The first-order valence-electron chi connectivity index (χ1n) is 32.6. The summed E-state index contributed by atoms with van der Waals surface area (Å²) in [6.45, 7) is 6.48. The molecule has 0 aromatic rings. The van der Waals surface area contributed by atoms with Gasteiger partial charge in [-0.15, -0.1) is 0 Å². The Balaban J connectivity index is 4.16. The summed E-state index contributed by atoms with van der Waals surface area (Å²) >= 11 is 0. The lowest BCUT2D eigenvalue weighted by Crippen LogP contribution is -2.30. The van der Waals surface area contributed by atoms with Crippen LogP contribution in [0.5, 0.6) is 0 Å². The molecule has 0 aliphatic heterocycles. The molecule has 0 heterocycles. The first-order valence-corrected chi connectivity index (χ1v) is 32.6. The van der Waals surface area contributed by atoms with Crippen LogP contribution >= 0.6 is 0 Å². The largest absolute Gasteiger partial charge is 0.462 e. The van der Waals surface area contributed by atoms with Gasteiger partial charge < -0.3 is 14.2 Å². The Morgan fingerprint density at radius 2 is 0.526 bits per heavy atom. The molecule has 0 aromatic heterocycles. The van der Waals surface area contributed by atoms with Crippen LogP contribution in [0.25, 0.3) is 0 Å². The van der Waals surface area contributed by atoms with Crippen LogP contribution in [0.4, 0.5) is 0 Å². The van der Waals surface area contributed by atoms with Gasteiger partial charge in [0.05, 0.1) is 0 Å². The molecule has 0 spiro atoms. The molecule has 1 unspecified atom stereocenters. The molecule has 438 valence electrons. The number of esters is 3. The molecule has 0 rings (SSSR count). The highest BCUT2D eigenvalue weighted by Crippen LogP contribution is 2.17. The summed E-state index contributed by atoms with van der Waals surface area (Å²) in [6.07, 6.45) is 84.8. The number of carbonyl (C=O) groups excluding carboxylic acids is 3. The Hall–Kier alpha value is -3.41. The average Bonchev–Trinajstić information content (AvgIpc) is 3.42. The van der Waals surface area contributed by atoms with Crippen LogP contribution in [-0.4, -0.2) is 37.2 Å². The predicted octanol–water partition coefficient (Wildman–Crippen LogP) is 22.3. The zero-order chi connectivity index (χ0) is 55.0. The monoisotopic (exact) mass is 1060 g/mol. The molecule has 0 fully saturated rings. The first-order chi connectivity index (χ1) is 37.5. The van der Waals surface area contributed by atoms with Crippen molar-refractivity contribution in [3.63, 3.8) is 0 Å². The third kappa shape index (κ3) is 61.4. The van der Waals surface area contributed by atoms with E-state index in [1.54, 1.807) is 0 Å². The highest BCUT2D eigenvalue weighted by atomic mass is 16.6. The highest BCUT2D eigenvalue weighted by Gasteiger charge is 2.19. The molecule has 0 radical (unpaired) electrons. The second-order valence-electron chi connectivity index (χ2n) is 21.6. The zero-order valence-corrected chi connectivity index (χ0v) is 50.3. The molecule has 0 aromatic carbocycles. The van der Waals surface area contributed by atoms with Gasteiger partial charge in [0.25, 0.3) is 0 Å². The van der Waals surface area contributed by atoms with Crippen LogP contribution in [-0.2, 0) is 28.6 Å². The van der Waals surface area contributed by atoms with Crippen molar-refractivity contribution in [2.45, 2.75) is 329 Å². The summed E-state index contributed by atoms with van der Waals surface area (Å²) in [5.41, 5.74) is 0. The van der Waals surface area contributed by atoms with Gasteiger partial charge in [0, 0.05) is 19.3 Å². The van der Waals surface area contributed by atoms with Crippen molar-refractivity contribution < 1.29 is 28.6 Å². The van der Waals surface area contributed by atoms with Crippen LogP contribution in [0, 0.1) is 0 Å². The van der Waals surface area contributed by atoms with Crippen molar-refractivity contribution in [2.24, 2.45) is 0 Å². The molecule has 6 heteroatoms. The predicted molar refractivity (Wildman–Crippen MR) is 330 cm³/mol. The lowest BCUT2D eigenvalue weighted by molar-refractivity contribution is -0.167. The number of unbranched alkanes of at least 4 members (excludes halogenated alkanes) is 34. The summed E-state index contributed by atoms with van der Waals surface area (Å²) in [5, 5.41) is 0. The van der Waals surface area contributed by atoms with E-state index in [1.165, 1.54) is 193 Å². The van der Waals surface area contributed by atoms with Crippen molar-refractivity contribution in [1.29, 1.82) is 0 Å². The van der Waals surface area contributed by atoms with Crippen LogP contribution in [0.15, 0.2) is 85.1 Å². The van der Waals surface area contributed by atoms with E-state index in [1.807, 2.05) is 0 Å². The van der Waals surface area contributed by atoms with Gasteiger partial charge in [-0.05, 0) is 89.9 Å². The second kappa shape index (κ2) is 64.1. The number of hydrogen-bond acceptors (Lipinski definition) is 6. The van der Waals surface area contributed by atoms with Crippen LogP contribution in [0.3, 0.4) is 0 Å². The average molecular weight is 1060 g/mol. The number of allylic oxidation sites excluding steroid dienone is 14. The van der Waals surface area contributed by atoms with Gasteiger partial charge in [0.1, 0.15) is 13.2 Å². The van der Waals surface area contributed by atoms with Crippen molar-refractivity contribution >= 4 is 17.9 Å². The third-order valence-electron chi connectivity index (χ3n) is 14.1. The molecule has 0 aliphatic rings. The molecular formula is C70H122O6. The van der Waals surface area contributed by atoms with E-state index in [0.717, 1.165) is 83.5 Å². The van der Waals surface area contributed by atoms with Gasteiger partial charge in [-0.2, -0.15) is 0 Å². The molecule has 0 amide bonds. The van der Waals surface area contributed by atoms with Crippen LogP contribution in [0.1, 0.15) is 323 Å². The molecule has 0 N–H and O–H groups in total. The third-order valence-corrected chi connectivity index (χ3v) is 14.1. The van der Waals surface area contributed by atoms with Crippen molar-refractivity contribution in [2.75, 3.05) is 13.2 Å². The molecule has 0 aliphatic carbocycles. The summed E-state index contributed by atoms with van der Waals surface area (Å²) < 4.78 is 16.8. The molecule has 1 atom stereocenters. The van der Waals surface area contributed by atoms with E-state index in [-0.39, 0.29) is 37.5 Å². The maximum atomic E-state index is 12.8. The van der Waals surface area contributed by atoms with Gasteiger partial charge in [-0.25, -0.2) is 0 Å². The van der Waals surface area contributed by atoms with E-state index in [2.05, 4.69) is 106 Å². The summed E-state index contributed by atoms with van der Waals surface area (Å²) in [7, 11) is 0. The minimum absolute atomic E-state index is 0.0955. The fraction of sp³-hybridized carbons (Fsp3) is 0.757. The van der Waals surface area contributed by atoms with Crippen LogP contribution in [0.2, 0.25) is 0 Å². The van der Waals surface area contributed by atoms with E-state index < -0.39 is 6.10 Å². The van der Waals surface area contributed by atoms with Crippen molar-refractivity contribution in [1.82, 2.24) is 0 Å². The maximum absolute atomic E-state index is 12.8. The van der Waals surface area contributed by atoms with Gasteiger partial charge >= 0.3 is 17.9 Å². The van der Waals surface area contributed by atoms with Gasteiger partial charge in [0.15, 0.2) is 6.10 Å². The van der Waals surface area contributed by atoms with E-state index in [4.69, 9.17) is 14.2 Å². The lowest BCUT2D eigenvalue weighted by Gasteiger charge is -2.18. The van der Waals surface area contributed by atoms with Gasteiger partial charge in [0.2, 0.25) is 0 Å². The molecule has 76 heavy (non-hydrogen) atoms. The SMILES string of the molecule is CC/C=C\C/C=C\C/C=C\C/C=C\C/C=C\CCCC(=O)OC(COC(=O)CCCCCCCCCCCC)COC(=O)CCCCCCCCCCCCCCCCCCCCC/C=C\C/C=C\CCCCCCC. The zero-order valence-electron chi connectivity index (χ0n) is 50.3. The first kappa shape index (κ1) is 72.6. The molecular weight excluding hydrogens is 937 g/mol. The summed E-state index contributed by atoms with van der Waals surface area (Å²) in [5.74, 6) is -0.944. The van der Waals surface area contributed by atoms with Gasteiger partial charge in [-0.1, -0.05) is 298 Å². The molecule has 0 saturated carbocycles. The fourth-order valence-electron chi connectivity index (χ4n) is 9.28. The standard InChI is InChI=1S/C70H122O6/c1-4-7-10-13-16-19-22-24-26-28-29-30-31-32-33-34-35-36-37-38-39-40-41-43-44-46-48-51-54-57-60-63-69(72)75-66-67(65-74-68(71)62-59-56-53-50-21-18-15-12-9-6-3)76-70(73)64-61-58-55-52-49-47-45-42-27-25-23-20-17-14-11-8-5-2/h8,11,17,20,22,24-25,27-29,45,47,52,55,67H,4-7,9-10,12-16,18-19,21,23,26,30-44,46,48-51,53-54,56-66H2,1-3H3/b11-8-,20-17-,24-22-,27-25-,29-28-,47-45-,55-52-. The van der Waals surface area contributed by atoms with E-state index in [0.29, 0.717) is 19.3 Å². The van der Waals surface area contributed by atoms with E-state index in [9.17, 15) is 14.4 Å². The maximum Gasteiger partial charge on any atom is 0.306 e. The quantitative estimate of drug-likeness (QED) is 0.0261. The minimum atomic E-state index is -0.803. The highest BCUT2D eigenvalue weighted by molar-refractivity contribution is 5.71. The van der Waals surface area contributed by atoms with Gasteiger partial charge in [-0.3, -0.25) is 14.4 Å². The lowest BCUT2D eigenvalue weighted by atomic mass is 10.0. The summed E-state index contributed by atoms with van der Waals surface area (Å²) in [6, 6.07) is 0. The van der Waals surface area contributed by atoms with E-state index >= 15 is 0 Å². The second-order valence-corrected chi connectivity index (χ2v) is 21.6. The Kier molecular flexibility index (Phi) is 61.2. The number of ether oxygens (including phenoxy) is 3. The Bertz CT molecular complexity index is 1450. The number of hydrogen-bond donors (Lipinski definition) is 0. The molecule has 6 nitrogen and oxygen atoms in total. The minimum Gasteiger partial charge on any atom is -0.462 e. The smallest absolute Gasteiger partial charge is 0.306 e. The normalized spacial score (nSPS) is 12.6. The Morgan fingerprint density at radius 1 is 0.276 bits per heavy atom. The summed E-state index contributed by atoms with van der Waals surface area (Å²) in [4.78, 5) is 38.2. The van der Waals surface area contributed by atoms with Crippen LogP contribution < -0.4 is 0 Å². The fourth-order valence-corrected chi connectivity index (χ4v) is 9.28. The Morgan fingerprint density at radius 3 is 0.842 bits per heavy atom. The topological polar surface area (TPSA) is 78.9 Å². The number of rotatable bonds is 59.